The standard InChI is InChI=1S/C21H22N2O3/c1-14-8-9-17(10-15(14)2)26-13-21(25)23(3)12-16-11-20(24)22-19-7-5-4-6-18(16)19/h4-11H,12-13H2,1-3H3,(H,22,24). The van der Waals surface area contributed by atoms with Crippen LogP contribution in [0, 0.1) is 13.8 Å². The molecule has 0 spiro atoms. The molecule has 0 aliphatic carbocycles. The number of hydrogen-bond donors (Lipinski definition) is 1. The molecule has 134 valence electrons. The van der Waals surface area contributed by atoms with E-state index in [1.165, 1.54) is 11.6 Å². The smallest absolute Gasteiger partial charge is 0.260 e. The van der Waals surface area contributed by atoms with Crippen molar-refractivity contribution in [1.82, 2.24) is 9.88 Å². The largest absolute Gasteiger partial charge is 0.484 e. The van der Waals surface area contributed by atoms with E-state index in [2.05, 4.69) is 4.98 Å². The van der Waals surface area contributed by atoms with Crippen LogP contribution in [-0.2, 0) is 11.3 Å². The van der Waals surface area contributed by atoms with Gasteiger partial charge in [-0.05, 0) is 48.7 Å². The van der Waals surface area contributed by atoms with E-state index in [1.54, 1.807) is 11.9 Å². The molecule has 1 heterocycles. The predicted octanol–water partition coefficient (Wildman–Crippen LogP) is 3.18. The molecule has 1 amide bonds. The van der Waals surface area contributed by atoms with Crippen molar-refractivity contribution in [3.63, 3.8) is 0 Å². The van der Waals surface area contributed by atoms with Gasteiger partial charge < -0.3 is 14.6 Å². The number of benzene rings is 2. The van der Waals surface area contributed by atoms with Gasteiger partial charge in [0.15, 0.2) is 6.61 Å². The number of nitrogens with zero attached hydrogens (tertiary/aromatic N) is 1. The van der Waals surface area contributed by atoms with Gasteiger partial charge in [-0.1, -0.05) is 24.3 Å². The first-order chi connectivity index (χ1) is 12.4. The van der Waals surface area contributed by atoms with E-state index in [0.717, 1.165) is 22.0 Å². The number of aromatic amines is 1. The van der Waals surface area contributed by atoms with Crippen molar-refractivity contribution in [2.24, 2.45) is 0 Å². The van der Waals surface area contributed by atoms with E-state index >= 15 is 0 Å². The zero-order valence-corrected chi connectivity index (χ0v) is 15.2. The Labute approximate surface area is 152 Å². The minimum atomic E-state index is -0.175. The number of carbonyl (C=O) groups excluding carboxylic acids is 1. The first-order valence-electron chi connectivity index (χ1n) is 8.49. The highest BCUT2D eigenvalue weighted by molar-refractivity contribution is 5.83. The van der Waals surface area contributed by atoms with Gasteiger partial charge in [-0.15, -0.1) is 0 Å². The van der Waals surface area contributed by atoms with Crippen molar-refractivity contribution in [3.8, 4) is 5.75 Å². The molecule has 26 heavy (non-hydrogen) atoms. The SMILES string of the molecule is Cc1ccc(OCC(=O)N(C)Cc2cc(=O)[nH]c3ccccc23)cc1C. The number of carbonyl (C=O) groups is 1. The summed E-state index contributed by atoms with van der Waals surface area (Å²) in [5.74, 6) is 0.532. The molecule has 5 nitrogen and oxygen atoms in total. The van der Waals surface area contributed by atoms with Crippen LogP contribution in [0.1, 0.15) is 16.7 Å². The first kappa shape index (κ1) is 17.7. The van der Waals surface area contributed by atoms with Crippen LogP contribution in [0.5, 0.6) is 5.75 Å². The number of hydrogen-bond acceptors (Lipinski definition) is 3. The van der Waals surface area contributed by atoms with E-state index < -0.39 is 0 Å². The van der Waals surface area contributed by atoms with Crippen molar-refractivity contribution in [1.29, 1.82) is 0 Å². The van der Waals surface area contributed by atoms with Crippen molar-refractivity contribution in [2.45, 2.75) is 20.4 Å². The molecular formula is C21H22N2O3. The van der Waals surface area contributed by atoms with Crippen LogP contribution < -0.4 is 10.3 Å². The average Bonchev–Trinajstić information content (AvgIpc) is 2.62. The average molecular weight is 350 g/mol. The molecular weight excluding hydrogens is 328 g/mol. The van der Waals surface area contributed by atoms with Gasteiger partial charge in [0.2, 0.25) is 5.56 Å². The summed E-state index contributed by atoms with van der Waals surface area (Å²) in [7, 11) is 1.71. The van der Waals surface area contributed by atoms with Gasteiger partial charge in [0.25, 0.3) is 5.91 Å². The lowest BCUT2D eigenvalue weighted by atomic mass is 10.1. The number of aryl methyl sites for hydroxylation is 2. The third-order valence-electron chi connectivity index (χ3n) is 4.51. The maximum Gasteiger partial charge on any atom is 0.260 e. The summed E-state index contributed by atoms with van der Waals surface area (Å²) in [6.07, 6.45) is 0. The number of amides is 1. The molecule has 0 saturated heterocycles. The van der Waals surface area contributed by atoms with Gasteiger partial charge in [0.05, 0.1) is 0 Å². The second-order valence-corrected chi connectivity index (χ2v) is 6.49. The fourth-order valence-corrected chi connectivity index (χ4v) is 2.81. The molecule has 1 aromatic heterocycles. The fraction of sp³-hybridized carbons (Fsp3) is 0.238. The summed E-state index contributed by atoms with van der Waals surface area (Å²) < 4.78 is 5.61. The van der Waals surface area contributed by atoms with Crippen molar-refractivity contribution in [2.75, 3.05) is 13.7 Å². The Bertz CT molecular complexity index is 1010. The van der Waals surface area contributed by atoms with E-state index in [0.29, 0.717) is 12.3 Å². The molecule has 0 fully saturated rings. The first-order valence-corrected chi connectivity index (χ1v) is 8.49. The third-order valence-corrected chi connectivity index (χ3v) is 4.51. The van der Waals surface area contributed by atoms with Crippen molar-refractivity contribution >= 4 is 16.8 Å². The Morgan fingerprint density at radius 2 is 1.85 bits per heavy atom. The predicted molar refractivity (Wildman–Crippen MR) is 102 cm³/mol. The topological polar surface area (TPSA) is 62.4 Å². The summed E-state index contributed by atoms with van der Waals surface area (Å²) in [4.78, 5) is 28.6. The summed E-state index contributed by atoms with van der Waals surface area (Å²) in [5.41, 5.74) is 3.71. The molecule has 5 heteroatoms. The molecule has 0 radical (unpaired) electrons. The van der Waals surface area contributed by atoms with Crippen LogP contribution in [0.2, 0.25) is 0 Å². The van der Waals surface area contributed by atoms with Crippen molar-refractivity contribution < 1.29 is 9.53 Å². The van der Waals surface area contributed by atoms with Gasteiger partial charge >= 0.3 is 0 Å². The minimum absolute atomic E-state index is 0.0415. The van der Waals surface area contributed by atoms with Gasteiger partial charge in [-0.3, -0.25) is 9.59 Å². The Hall–Kier alpha value is -3.08. The Morgan fingerprint density at radius 1 is 1.08 bits per heavy atom. The second-order valence-electron chi connectivity index (χ2n) is 6.49. The molecule has 0 aliphatic heterocycles. The lowest BCUT2D eigenvalue weighted by Gasteiger charge is -2.18. The number of fused-ring (bicyclic) bond motifs is 1. The minimum Gasteiger partial charge on any atom is -0.484 e. The second kappa shape index (κ2) is 7.44. The third kappa shape index (κ3) is 3.94. The quantitative estimate of drug-likeness (QED) is 0.769. The molecule has 3 aromatic rings. The number of aromatic nitrogens is 1. The van der Waals surface area contributed by atoms with Gasteiger partial charge in [-0.2, -0.15) is 0 Å². The number of pyridine rings is 1. The monoisotopic (exact) mass is 350 g/mol. The number of nitrogens with one attached hydrogen (secondary N) is 1. The number of likely N-dealkylation sites (N-methyl/N-ethyl adjacent to an activating group) is 1. The molecule has 3 rings (SSSR count). The van der Waals surface area contributed by atoms with Crippen LogP contribution in [0.3, 0.4) is 0 Å². The lowest BCUT2D eigenvalue weighted by Crippen LogP contribution is -2.31. The van der Waals surface area contributed by atoms with E-state index in [1.807, 2.05) is 56.3 Å². The van der Waals surface area contributed by atoms with Crippen LogP contribution in [0.15, 0.2) is 53.3 Å². The summed E-state index contributed by atoms with van der Waals surface area (Å²) >= 11 is 0. The highest BCUT2D eigenvalue weighted by Crippen LogP contribution is 2.18. The van der Waals surface area contributed by atoms with Crippen LogP contribution >= 0.6 is 0 Å². The van der Waals surface area contributed by atoms with Crippen molar-refractivity contribution in [3.05, 3.63) is 75.6 Å². The Morgan fingerprint density at radius 3 is 2.62 bits per heavy atom. The Balaban J connectivity index is 1.69. The van der Waals surface area contributed by atoms with Crippen LogP contribution in [-0.4, -0.2) is 29.4 Å². The summed E-state index contributed by atoms with van der Waals surface area (Å²) in [5, 5.41) is 0.932. The molecule has 1 N–H and O–H groups in total. The highest BCUT2D eigenvalue weighted by Gasteiger charge is 2.13. The number of para-hydroxylation sites is 1. The number of rotatable bonds is 5. The highest BCUT2D eigenvalue weighted by atomic mass is 16.5. The van der Waals surface area contributed by atoms with E-state index in [-0.39, 0.29) is 18.1 Å². The van der Waals surface area contributed by atoms with Crippen LogP contribution in [0.4, 0.5) is 0 Å². The molecule has 0 saturated carbocycles. The summed E-state index contributed by atoms with van der Waals surface area (Å²) in [6.45, 7) is 4.35. The van der Waals surface area contributed by atoms with Gasteiger partial charge in [-0.25, -0.2) is 0 Å². The van der Waals surface area contributed by atoms with E-state index in [9.17, 15) is 9.59 Å². The molecule has 0 bridgehead atoms. The molecule has 0 aliphatic rings. The normalized spacial score (nSPS) is 10.7. The van der Waals surface area contributed by atoms with Crippen LogP contribution in [0.25, 0.3) is 10.9 Å². The number of H-pyrrole nitrogens is 1. The maximum absolute atomic E-state index is 12.4. The summed E-state index contributed by atoms with van der Waals surface area (Å²) in [6, 6.07) is 14.9. The molecule has 2 aromatic carbocycles. The van der Waals surface area contributed by atoms with Gasteiger partial charge in [0, 0.05) is 30.6 Å². The lowest BCUT2D eigenvalue weighted by molar-refractivity contribution is -0.132. The zero-order valence-electron chi connectivity index (χ0n) is 15.2. The Kier molecular flexibility index (Phi) is 5.07. The molecule has 0 unspecified atom stereocenters. The maximum atomic E-state index is 12.4. The molecule has 0 atom stereocenters. The fourth-order valence-electron chi connectivity index (χ4n) is 2.81. The number of ether oxygens (including phenoxy) is 1. The van der Waals surface area contributed by atoms with Gasteiger partial charge in [0.1, 0.15) is 5.75 Å². The zero-order chi connectivity index (χ0) is 18.7. The van der Waals surface area contributed by atoms with E-state index in [4.69, 9.17) is 4.74 Å².